The van der Waals surface area contributed by atoms with E-state index >= 15 is 0 Å². The van der Waals surface area contributed by atoms with Gasteiger partial charge in [0.15, 0.2) is 0 Å². The Balaban J connectivity index is 1.06. The lowest BCUT2D eigenvalue weighted by molar-refractivity contribution is 1.09. The number of aromatic nitrogens is 4. The van der Waals surface area contributed by atoms with E-state index in [-0.39, 0.29) is 0 Å². The Morgan fingerprint density at radius 3 is 1.58 bits per heavy atom. The molecule has 8 aromatic carbocycles. The lowest BCUT2D eigenvalue weighted by Gasteiger charge is -2.13. The third-order valence-electron chi connectivity index (χ3n) is 10.6. The summed E-state index contributed by atoms with van der Waals surface area (Å²) in [5.41, 5.74) is 9.95. The van der Waals surface area contributed by atoms with Gasteiger partial charge in [0, 0.05) is 40.1 Å². The zero-order valence-electron chi connectivity index (χ0n) is 28.1. The van der Waals surface area contributed by atoms with E-state index < -0.39 is 0 Å². The first-order chi connectivity index (χ1) is 25.8. The molecule has 0 aliphatic rings. The molecule has 0 atom stereocenters. The minimum atomic E-state index is 0.876. The Bertz CT molecular complexity index is 3130. The molecular formula is C48H30N4. The van der Waals surface area contributed by atoms with Crippen molar-refractivity contribution in [2.75, 3.05) is 0 Å². The molecule has 0 aliphatic carbocycles. The number of rotatable bonds is 4. The molecule has 0 spiro atoms. The third kappa shape index (κ3) is 4.28. The van der Waals surface area contributed by atoms with Crippen LogP contribution in [-0.2, 0) is 0 Å². The summed E-state index contributed by atoms with van der Waals surface area (Å²) in [6, 6.07) is 61.3. The van der Waals surface area contributed by atoms with E-state index in [2.05, 4.69) is 172 Å². The highest BCUT2D eigenvalue weighted by Crippen LogP contribution is 2.39. The minimum Gasteiger partial charge on any atom is -0.309 e. The average Bonchev–Trinajstić information content (AvgIpc) is 3.77. The molecule has 0 fully saturated rings. The Morgan fingerprint density at radius 2 is 0.885 bits per heavy atom. The normalized spacial score (nSPS) is 11.8. The number of fused-ring (bicyclic) bond motifs is 10. The molecule has 3 aromatic heterocycles. The third-order valence-corrected chi connectivity index (χ3v) is 10.6. The van der Waals surface area contributed by atoms with Gasteiger partial charge in [0.05, 0.1) is 22.1 Å². The van der Waals surface area contributed by atoms with E-state index in [1.807, 2.05) is 18.3 Å². The maximum absolute atomic E-state index is 5.01. The van der Waals surface area contributed by atoms with Crippen molar-refractivity contribution < 1.29 is 0 Å². The predicted octanol–water partition coefficient (Wildman–Crippen LogP) is 12.3. The second-order valence-electron chi connectivity index (χ2n) is 13.5. The van der Waals surface area contributed by atoms with Gasteiger partial charge in [-0.1, -0.05) is 97.1 Å². The van der Waals surface area contributed by atoms with Crippen molar-refractivity contribution >= 4 is 65.2 Å². The molecule has 4 heteroatoms. The summed E-state index contributed by atoms with van der Waals surface area (Å²) < 4.78 is 4.61. The SMILES string of the molecule is c1cncc(-c2nc3ccccc3n2-c2ccc(-n3c4ccccc4c4cc(-c5ccc6c7ccccc7c7ccccc7c6c5)ccc43)cc2)c1. The number of para-hydroxylation sites is 3. The van der Waals surface area contributed by atoms with E-state index in [0.29, 0.717) is 0 Å². The van der Waals surface area contributed by atoms with Crippen LogP contribution in [0.2, 0.25) is 0 Å². The molecule has 4 nitrogen and oxygen atoms in total. The van der Waals surface area contributed by atoms with Gasteiger partial charge < -0.3 is 4.57 Å². The quantitative estimate of drug-likeness (QED) is 0.176. The van der Waals surface area contributed by atoms with Crippen LogP contribution in [0, 0.1) is 0 Å². The molecule has 0 amide bonds. The van der Waals surface area contributed by atoms with Crippen molar-refractivity contribution in [3.05, 3.63) is 182 Å². The first-order valence-electron chi connectivity index (χ1n) is 17.7. The molecule has 0 bridgehead atoms. The summed E-state index contributed by atoms with van der Waals surface area (Å²) in [5.74, 6) is 0.876. The van der Waals surface area contributed by atoms with Gasteiger partial charge >= 0.3 is 0 Å². The van der Waals surface area contributed by atoms with E-state index in [9.17, 15) is 0 Å². The standard InChI is InChI=1S/C48H30N4/c1-2-13-38-36(11-1)37-12-3-4-14-39(37)42-28-31(19-25-40(38)42)32-20-26-46-43(29-32)41-15-5-7-17-45(41)51(46)34-21-23-35(24-22-34)52-47-18-8-6-16-44(47)50-48(52)33-10-9-27-49-30-33/h1-30H. The molecule has 0 saturated heterocycles. The van der Waals surface area contributed by atoms with Gasteiger partial charge in [-0.05, 0) is 116 Å². The summed E-state index contributed by atoms with van der Waals surface area (Å²) in [7, 11) is 0. The molecular weight excluding hydrogens is 633 g/mol. The van der Waals surface area contributed by atoms with E-state index in [1.54, 1.807) is 6.20 Å². The van der Waals surface area contributed by atoms with Crippen molar-refractivity contribution in [3.8, 4) is 33.9 Å². The number of hydrogen-bond donors (Lipinski definition) is 0. The van der Waals surface area contributed by atoms with E-state index in [1.165, 1.54) is 65.3 Å². The largest absolute Gasteiger partial charge is 0.309 e. The molecule has 242 valence electrons. The van der Waals surface area contributed by atoms with Crippen LogP contribution in [-0.4, -0.2) is 19.1 Å². The molecule has 0 N–H and O–H groups in total. The lowest BCUT2D eigenvalue weighted by atomic mass is 9.92. The van der Waals surface area contributed by atoms with Crippen molar-refractivity contribution in [2.24, 2.45) is 0 Å². The molecule has 0 unspecified atom stereocenters. The van der Waals surface area contributed by atoms with E-state index in [0.717, 1.165) is 33.8 Å². The minimum absolute atomic E-state index is 0.876. The first kappa shape index (κ1) is 28.8. The fraction of sp³-hybridized carbons (Fsp3) is 0. The number of imidazole rings is 1. The van der Waals surface area contributed by atoms with Gasteiger partial charge in [-0.15, -0.1) is 0 Å². The molecule has 0 saturated carbocycles. The van der Waals surface area contributed by atoms with Crippen molar-refractivity contribution in [1.29, 1.82) is 0 Å². The Labute approximate surface area is 299 Å². The van der Waals surface area contributed by atoms with Gasteiger partial charge in [0.25, 0.3) is 0 Å². The van der Waals surface area contributed by atoms with Gasteiger partial charge in [-0.25, -0.2) is 4.98 Å². The summed E-state index contributed by atoms with van der Waals surface area (Å²) >= 11 is 0. The monoisotopic (exact) mass is 662 g/mol. The van der Waals surface area contributed by atoms with Crippen LogP contribution in [0.1, 0.15) is 0 Å². The maximum atomic E-state index is 5.01. The predicted molar refractivity (Wildman–Crippen MR) is 217 cm³/mol. The number of nitrogens with zero attached hydrogens (tertiary/aromatic N) is 4. The molecule has 3 heterocycles. The van der Waals surface area contributed by atoms with Crippen LogP contribution in [0.3, 0.4) is 0 Å². The van der Waals surface area contributed by atoms with Crippen LogP contribution in [0.15, 0.2) is 182 Å². The fourth-order valence-electron chi connectivity index (χ4n) is 8.24. The molecule has 0 aliphatic heterocycles. The zero-order chi connectivity index (χ0) is 34.2. The first-order valence-corrected chi connectivity index (χ1v) is 17.7. The van der Waals surface area contributed by atoms with Crippen LogP contribution in [0.5, 0.6) is 0 Å². The summed E-state index contributed by atoms with van der Waals surface area (Å²) in [5, 5.41) is 10.2. The maximum Gasteiger partial charge on any atom is 0.147 e. The Morgan fingerprint density at radius 1 is 0.346 bits per heavy atom. The highest BCUT2D eigenvalue weighted by molar-refractivity contribution is 6.25. The van der Waals surface area contributed by atoms with Crippen molar-refractivity contribution in [3.63, 3.8) is 0 Å². The van der Waals surface area contributed by atoms with Gasteiger partial charge in [0.1, 0.15) is 5.82 Å². The highest BCUT2D eigenvalue weighted by atomic mass is 15.1. The number of hydrogen-bond acceptors (Lipinski definition) is 2. The summed E-state index contributed by atoms with van der Waals surface area (Å²) in [6.07, 6.45) is 3.67. The number of benzene rings is 8. The van der Waals surface area contributed by atoms with Crippen LogP contribution in [0.4, 0.5) is 0 Å². The highest BCUT2D eigenvalue weighted by Gasteiger charge is 2.17. The lowest BCUT2D eigenvalue weighted by Crippen LogP contribution is -1.99. The van der Waals surface area contributed by atoms with E-state index in [4.69, 9.17) is 4.98 Å². The smallest absolute Gasteiger partial charge is 0.147 e. The topological polar surface area (TPSA) is 35.6 Å². The Hall–Kier alpha value is -7.04. The molecule has 11 rings (SSSR count). The Kier molecular flexibility index (Phi) is 6.22. The molecule has 0 radical (unpaired) electrons. The molecule has 11 aromatic rings. The van der Waals surface area contributed by atoms with Crippen molar-refractivity contribution in [1.82, 2.24) is 19.1 Å². The second kappa shape index (κ2) is 11.2. The molecule has 52 heavy (non-hydrogen) atoms. The van der Waals surface area contributed by atoms with Crippen LogP contribution >= 0.6 is 0 Å². The fourth-order valence-corrected chi connectivity index (χ4v) is 8.24. The number of pyridine rings is 1. The van der Waals surface area contributed by atoms with Crippen LogP contribution in [0.25, 0.3) is 99.0 Å². The second-order valence-corrected chi connectivity index (χ2v) is 13.5. The average molecular weight is 663 g/mol. The van der Waals surface area contributed by atoms with Crippen molar-refractivity contribution in [2.45, 2.75) is 0 Å². The summed E-state index contributed by atoms with van der Waals surface area (Å²) in [4.78, 5) is 9.39. The zero-order valence-corrected chi connectivity index (χ0v) is 28.1. The van der Waals surface area contributed by atoms with Gasteiger partial charge in [-0.3, -0.25) is 9.55 Å². The van der Waals surface area contributed by atoms with Gasteiger partial charge in [0.2, 0.25) is 0 Å². The van der Waals surface area contributed by atoms with Gasteiger partial charge in [-0.2, -0.15) is 0 Å². The summed E-state index contributed by atoms with van der Waals surface area (Å²) in [6.45, 7) is 0. The van der Waals surface area contributed by atoms with Crippen LogP contribution < -0.4 is 0 Å².